The second-order valence-corrected chi connectivity index (χ2v) is 6.02. The van der Waals surface area contributed by atoms with Crippen LogP contribution in [0.2, 0.25) is 0 Å². The third-order valence-corrected chi connectivity index (χ3v) is 4.11. The van der Waals surface area contributed by atoms with E-state index in [1.807, 2.05) is 22.9 Å². The van der Waals surface area contributed by atoms with Crippen LogP contribution in [0.25, 0.3) is 11.5 Å². The van der Waals surface area contributed by atoms with Gasteiger partial charge in [-0.15, -0.1) is 10.2 Å². The van der Waals surface area contributed by atoms with Crippen molar-refractivity contribution in [1.29, 1.82) is 0 Å². The Hall–Kier alpha value is -2.54. The Labute approximate surface area is 142 Å². The molecule has 24 heavy (non-hydrogen) atoms. The fourth-order valence-electron chi connectivity index (χ4n) is 2.21. The maximum Gasteiger partial charge on any atom is 0.248 e. The normalized spacial score (nSPS) is 10.7. The molecule has 0 saturated heterocycles. The molecule has 1 amide bonds. The highest BCUT2D eigenvalue weighted by molar-refractivity contribution is 7.08. The molecule has 124 valence electrons. The maximum atomic E-state index is 13.1. The van der Waals surface area contributed by atoms with Crippen molar-refractivity contribution in [2.75, 3.05) is 6.54 Å². The Balaban J connectivity index is 1.41. The van der Waals surface area contributed by atoms with Crippen molar-refractivity contribution in [2.45, 2.75) is 19.3 Å². The number of nitrogens with one attached hydrogen (secondary N) is 1. The van der Waals surface area contributed by atoms with Gasteiger partial charge in [-0.3, -0.25) is 4.79 Å². The van der Waals surface area contributed by atoms with Gasteiger partial charge in [0.05, 0.1) is 0 Å². The first-order chi connectivity index (χ1) is 11.7. The fourth-order valence-corrected chi connectivity index (χ4v) is 2.83. The largest absolute Gasteiger partial charge is 0.421 e. The number of halogens is 1. The van der Waals surface area contributed by atoms with Crippen molar-refractivity contribution >= 4 is 17.2 Å². The molecule has 0 saturated carbocycles. The van der Waals surface area contributed by atoms with E-state index in [1.54, 1.807) is 17.4 Å². The molecule has 0 aliphatic rings. The summed E-state index contributed by atoms with van der Waals surface area (Å²) in [5.41, 5.74) is 1.74. The smallest absolute Gasteiger partial charge is 0.248 e. The summed E-state index contributed by atoms with van der Waals surface area (Å²) in [7, 11) is 0. The SMILES string of the molecule is O=C(CCc1nnc(-c2ccsc2)o1)NCCc1cccc(F)c1. The van der Waals surface area contributed by atoms with Gasteiger partial charge >= 0.3 is 0 Å². The van der Waals surface area contributed by atoms with Gasteiger partial charge in [-0.25, -0.2) is 4.39 Å². The summed E-state index contributed by atoms with van der Waals surface area (Å²) in [4.78, 5) is 11.8. The first kappa shape index (κ1) is 16.3. The second-order valence-electron chi connectivity index (χ2n) is 5.24. The number of aromatic nitrogens is 2. The van der Waals surface area contributed by atoms with Crippen molar-refractivity contribution < 1.29 is 13.6 Å². The van der Waals surface area contributed by atoms with Gasteiger partial charge in [-0.1, -0.05) is 12.1 Å². The van der Waals surface area contributed by atoms with Crippen molar-refractivity contribution in [3.63, 3.8) is 0 Å². The van der Waals surface area contributed by atoms with Crippen LogP contribution in [-0.2, 0) is 17.6 Å². The molecule has 0 atom stereocenters. The third-order valence-electron chi connectivity index (χ3n) is 3.43. The van der Waals surface area contributed by atoms with Gasteiger partial charge < -0.3 is 9.73 Å². The molecule has 7 heteroatoms. The summed E-state index contributed by atoms with van der Waals surface area (Å²) in [6.45, 7) is 0.465. The van der Waals surface area contributed by atoms with Crippen molar-refractivity contribution in [1.82, 2.24) is 15.5 Å². The zero-order chi connectivity index (χ0) is 16.8. The number of carbonyl (C=O) groups excluding carboxylic acids is 1. The summed E-state index contributed by atoms with van der Waals surface area (Å²) >= 11 is 1.55. The zero-order valence-corrected chi connectivity index (χ0v) is 13.7. The van der Waals surface area contributed by atoms with Gasteiger partial charge in [0.15, 0.2) is 0 Å². The van der Waals surface area contributed by atoms with Crippen molar-refractivity contribution in [3.8, 4) is 11.5 Å². The summed E-state index contributed by atoms with van der Waals surface area (Å²) in [5, 5.41) is 14.6. The Morgan fingerprint density at radius 1 is 1.25 bits per heavy atom. The van der Waals surface area contributed by atoms with Crippen LogP contribution in [0.4, 0.5) is 4.39 Å². The molecule has 5 nitrogen and oxygen atoms in total. The first-order valence-electron chi connectivity index (χ1n) is 7.57. The molecule has 1 aromatic carbocycles. The highest BCUT2D eigenvalue weighted by Gasteiger charge is 2.10. The Kier molecular flexibility index (Phi) is 5.32. The van der Waals surface area contributed by atoms with E-state index in [0.29, 0.717) is 31.2 Å². The molecule has 3 aromatic rings. The van der Waals surface area contributed by atoms with Crippen molar-refractivity contribution in [2.24, 2.45) is 0 Å². The lowest BCUT2D eigenvalue weighted by Gasteiger charge is -2.04. The van der Waals surface area contributed by atoms with E-state index >= 15 is 0 Å². The summed E-state index contributed by atoms with van der Waals surface area (Å²) in [6, 6.07) is 8.27. The molecule has 2 heterocycles. The second kappa shape index (κ2) is 7.83. The monoisotopic (exact) mass is 345 g/mol. The average Bonchev–Trinajstić information content (AvgIpc) is 3.24. The number of carbonyl (C=O) groups is 1. The number of hydrogen-bond acceptors (Lipinski definition) is 5. The minimum Gasteiger partial charge on any atom is -0.421 e. The van der Waals surface area contributed by atoms with E-state index in [0.717, 1.165) is 11.1 Å². The number of benzene rings is 1. The van der Waals surface area contributed by atoms with E-state index in [2.05, 4.69) is 15.5 Å². The van der Waals surface area contributed by atoms with E-state index in [4.69, 9.17) is 4.42 Å². The molecular formula is C17H16FN3O2S. The third kappa shape index (κ3) is 4.48. The van der Waals surface area contributed by atoms with E-state index in [-0.39, 0.29) is 18.1 Å². The molecule has 0 aliphatic carbocycles. The number of rotatable bonds is 7. The number of thiophene rings is 1. The lowest BCUT2D eigenvalue weighted by atomic mass is 10.1. The standard InChI is InChI=1S/C17H16FN3O2S/c18-14-3-1-2-12(10-14)6-8-19-15(22)4-5-16-20-21-17(23-16)13-7-9-24-11-13/h1-3,7,9-11H,4-6,8H2,(H,19,22). The minimum absolute atomic E-state index is 0.0957. The van der Waals surface area contributed by atoms with Gasteiger partial charge in [0.1, 0.15) is 5.82 Å². The highest BCUT2D eigenvalue weighted by Crippen LogP contribution is 2.20. The maximum absolute atomic E-state index is 13.1. The predicted octanol–water partition coefficient (Wildman–Crippen LogP) is 3.23. The number of aryl methyl sites for hydroxylation is 1. The minimum atomic E-state index is -0.267. The van der Waals surface area contributed by atoms with Crippen LogP contribution in [0.1, 0.15) is 17.9 Å². The molecule has 0 spiro atoms. The number of amides is 1. The molecule has 0 radical (unpaired) electrons. The lowest BCUT2D eigenvalue weighted by molar-refractivity contribution is -0.121. The van der Waals surface area contributed by atoms with Crippen LogP contribution in [0.5, 0.6) is 0 Å². The number of hydrogen-bond donors (Lipinski definition) is 1. The Bertz CT molecular complexity index is 802. The van der Waals surface area contributed by atoms with Crippen molar-refractivity contribution in [3.05, 3.63) is 58.4 Å². The highest BCUT2D eigenvalue weighted by atomic mass is 32.1. The summed E-state index contributed by atoms with van der Waals surface area (Å²) < 4.78 is 18.6. The average molecular weight is 345 g/mol. The zero-order valence-electron chi connectivity index (χ0n) is 12.9. The molecular weight excluding hydrogens is 329 g/mol. The molecule has 0 aliphatic heterocycles. The van der Waals surface area contributed by atoms with Crippen LogP contribution >= 0.6 is 11.3 Å². The Morgan fingerprint density at radius 3 is 2.96 bits per heavy atom. The van der Waals surface area contributed by atoms with E-state index in [1.165, 1.54) is 12.1 Å². The van der Waals surface area contributed by atoms with Gasteiger partial charge in [0.25, 0.3) is 0 Å². The van der Waals surface area contributed by atoms with Crippen LogP contribution in [0.15, 0.2) is 45.5 Å². The van der Waals surface area contributed by atoms with Gasteiger partial charge in [0.2, 0.25) is 17.7 Å². The van der Waals surface area contributed by atoms with E-state index in [9.17, 15) is 9.18 Å². The van der Waals surface area contributed by atoms with E-state index < -0.39 is 0 Å². The topological polar surface area (TPSA) is 68.0 Å². The van der Waals surface area contributed by atoms with Gasteiger partial charge in [-0.2, -0.15) is 11.3 Å². The number of nitrogens with zero attached hydrogens (tertiary/aromatic N) is 2. The van der Waals surface area contributed by atoms with Gasteiger partial charge in [0, 0.05) is 30.3 Å². The van der Waals surface area contributed by atoms with Crippen LogP contribution in [-0.4, -0.2) is 22.6 Å². The van der Waals surface area contributed by atoms with Crippen LogP contribution in [0, 0.1) is 5.82 Å². The predicted molar refractivity (Wildman–Crippen MR) is 89.0 cm³/mol. The van der Waals surface area contributed by atoms with Crippen LogP contribution < -0.4 is 5.32 Å². The summed E-state index contributed by atoms with van der Waals surface area (Å²) in [6.07, 6.45) is 1.25. The quantitative estimate of drug-likeness (QED) is 0.714. The molecule has 1 N–H and O–H groups in total. The molecule has 0 unspecified atom stereocenters. The molecule has 0 bridgehead atoms. The molecule has 2 aromatic heterocycles. The van der Waals surface area contributed by atoms with Crippen LogP contribution in [0.3, 0.4) is 0 Å². The Morgan fingerprint density at radius 2 is 2.17 bits per heavy atom. The fraction of sp³-hybridized carbons (Fsp3) is 0.235. The molecule has 3 rings (SSSR count). The summed E-state index contributed by atoms with van der Waals surface area (Å²) in [5.74, 6) is 0.549. The van der Waals surface area contributed by atoms with Gasteiger partial charge in [-0.05, 0) is 35.6 Å². The lowest BCUT2D eigenvalue weighted by Crippen LogP contribution is -2.25. The first-order valence-corrected chi connectivity index (χ1v) is 8.51. The molecule has 0 fully saturated rings.